The predicted molar refractivity (Wildman–Crippen MR) is 103 cm³/mol. The molecule has 3 heterocycles. The number of benzene rings is 1. The molecule has 2 aromatic heterocycles. The van der Waals surface area contributed by atoms with E-state index in [1.165, 1.54) is 18.3 Å². The molecule has 2 amide bonds. The van der Waals surface area contributed by atoms with E-state index in [9.17, 15) is 18.0 Å². The zero-order valence-corrected chi connectivity index (χ0v) is 15.6. The van der Waals surface area contributed by atoms with E-state index >= 15 is 0 Å². The number of fused-ring (bicyclic) bond motifs is 1. The van der Waals surface area contributed by atoms with Gasteiger partial charge in [-0.15, -0.1) is 0 Å². The summed E-state index contributed by atoms with van der Waals surface area (Å²) in [6.45, 7) is 0.257. The average molecular weight is 414 g/mol. The highest BCUT2D eigenvalue weighted by Crippen LogP contribution is 2.41. The quantitative estimate of drug-likeness (QED) is 0.669. The van der Waals surface area contributed by atoms with Crippen LogP contribution in [0.15, 0.2) is 67.1 Å². The van der Waals surface area contributed by atoms with Crippen molar-refractivity contribution in [2.45, 2.75) is 18.1 Å². The summed E-state index contributed by atoms with van der Waals surface area (Å²) in [5.41, 5.74) is -0.552. The SMILES string of the molecule is O=C(Nc1cccnc1)N[C@]1(c2ccc(C(F)(F)F)cc2)CCOc2cccnc21. The molecule has 1 aliphatic rings. The molecule has 0 radical (unpaired) electrons. The van der Waals surface area contributed by atoms with Crippen molar-refractivity contribution in [3.63, 3.8) is 0 Å². The van der Waals surface area contributed by atoms with Crippen LogP contribution in [0.1, 0.15) is 23.2 Å². The lowest BCUT2D eigenvalue weighted by Gasteiger charge is -2.39. The Kier molecular flexibility index (Phi) is 5.03. The number of urea groups is 1. The molecule has 1 aromatic carbocycles. The van der Waals surface area contributed by atoms with E-state index in [0.29, 0.717) is 29.1 Å². The molecule has 0 aliphatic carbocycles. The number of alkyl halides is 3. The maximum absolute atomic E-state index is 13.0. The van der Waals surface area contributed by atoms with E-state index in [2.05, 4.69) is 20.6 Å². The number of ether oxygens (including phenoxy) is 1. The highest BCUT2D eigenvalue weighted by Gasteiger charge is 2.43. The standard InChI is InChI=1S/C21H17F3N4O2/c22-21(23,24)15-7-5-14(6-8-15)20(9-12-30-17-4-2-11-26-18(17)20)28-19(29)27-16-3-1-10-25-13-16/h1-8,10-11,13H,9,12H2,(H2,27,28,29)/t20-/m0/s1. The van der Waals surface area contributed by atoms with Gasteiger partial charge in [-0.2, -0.15) is 13.2 Å². The van der Waals surface area contributed by atoms with Crippen LogP contribution in [0.25, 0.3) is 0 Å². The fourth-order valence-corrected chi connectivity index (χ4v) is 3.47. The van der Waals surface area contributed by atoms with Crippen LogP contribution in [0, 0.1) is 0 Å². The van der Waals surface area contributed by atoms with Crippen molar-refractivity contribution in [3.8, 4) is 5.75 Å². The lowest BCUT2D eigenvalue weighted by molar-refractivity contribution is -0.137. The van der Waals surface area contributed by atoms with Gasteiger partial charge in [0.1, 0.15) is 17.0 Å². The number of amides is 2. The number of halogens is 3. The first-order valence-corrected chi connectivity index (χ1v) is 9.14. The summed E-state index contributed by atoms with van der Waals surface area (Å²) < 4.78 is 44.7. The Labute approximate surface area is 170 Å². The van der Waals surface area contributed by atoms with Gasteiger partial charge in [-0.25, -0.2) is 4.79 Å². The van der Waals surface area contributed by atoms with Crippen molar-refractivity contribution in [1.29, 1.82) is 0 Å². The van der Waals surface area contributed by atoms with Gasteiger partial charge >= 0.3 is 12.2 Å². The van der Waals surface area contributed by atoms with E-state index in [-0.39, 0.29) is 6.61 Å². The summed E-state index contributed by atoms with van der Waals surface area (Å²) in [5.74, 6) is 0.463. The molecule has 1 aliphatic heterocycles. The molecule has 154 valence electrons. The number of anilines is 1. The van der Waals surface area contributed by atoms with Crippen molar-refractivity contribution >= 4 is 11.7 Å². The zero-order valence-electron chi connectivity index (χ0n) is 15.6. The largest absolute Gasteiger partial charge is 0.491 e. The predicted octanol–water partition coefficient (Wildman–Crippen LogP) is 4.34. The zero-order chi connectivity index (χ0) is 21.2. The molecular formula is C21H17F3N4O2. The number of rotatable bonds is 3. The molecule has 0 saturated carbocycles. The maximum Gasteiger partial charge on any atom is 0.416 e. The molecule has 1 atom stereocenters. The Morgan fingerprint density at radius 1 is 1.07 bits per heavy atom. The first-order chi connectivity index (χ1) is 14.4. The van der Waals surface area contributed by atoms with Gasteiger partial charge in [-0.1, -0.05) is 12.1 Å². The number of carbonyl (C=O) groups is 1. The summed E-state index contributed by atoms with van der Waals surface area (Å²) >= 11 is 0. The van der Waals surface area contributed by atoms with E-state index in [0.717, 1.165) is 12.1 Å². The smallest absolute Gasteiger partial charge is 0.416 e. The number of carbonyl (C=O) groups excluding carboxylic acids is 1. The first kappa shape index (κ1) is 19.7. The lowest BCUT2D eigenvalue weighted by atomic mass is 9.81. The molecule has 30 heavy (non-hydrogen) atoms. The summed E-state index contributed by atoms with van der Waals surface area (Å²) in [5, 5.41) is 5.60. The summed E-state index contributed by atoms with van der Waals surface area (Å²) in [6.07, 6.45) is 0.449. The van der Waals surface area contributed by atoms with Crippen molar-refractivity contribution in [1.82, 2.24) is 15.3 Å². The molecule has 2 N–H and O–H groups in total. The van der Waals surface area contributed by atoms with Crippen molar-refractivity contribution in [3.05, 3.63) is 83.9 Å². The molecular weight excluding hydrogens is 397 g/mol. The number of nitrogens with one attached hydrogen (secondary N) is 2. The van der Waals surface area contributed by atoms with Gasteiger partial charge in [0.25, 0.3) is 0 Å². The van der Waals surface area contributed by atoms with Crippen LogP contribution in [-0.4, -0.2) is 22.6 Å². The van der Waals surface area contributed by atoms with Gasteiger partial charge in [0, 0.05) is 18.8 Å². The van der Waals surface area contributed by atoms with E-state index in [4.69, 9.17) is 4.74 Å². The summed E-state index contributed by atoms with van der Waals surface area (Å²) in [4.78, 5) is 21.1. The van der Waals surface area contributed by atoms with Gasteiger partial charge in [-0.05, 0) is 42.0 Å². The summed E-state index contributed by atoms with van der Waals surface area (Å²) in [7, 11) is 0. The van der Waals surface area contributed by atoms with Gasteiger partial charge in [0.2, 0.25) is 0 Å². The Bertz CT molecular complexity index is 1040. The molecule has 9 heteroatoms. The molecule has 0 saturated heterocycles. The fourth-order valence-electron chi connectivity index (χ4n) is 3.47. The van der Waals surface area contributed by atoms with Crippen molar-refractivity contribution in [2.75, 3.05) is 11.9 Å². The number of pyridine rings is 2. The fraction of sp³-hybridized carbons (Fsp3) is 0.190. The number of aromatic nitrogens is 2. The Morgan fingerprint density at radius 2 is 1.83 bits per heavy atom. The molecule has 0 bridgehead atoms. The topological polar surface area (TPSA) is 76.1 Å². The van der Waals surface area contributed by atoms with E-state index < -0.39 is 23.3 Å². The van der Waals surface area contributed by atoms with Crippen LogP contribution in [-0.2, 0) is 11.7 Å². The van der Waals surface area contributed by atoms with Crippen molar-refractivity contribution in [2.24, 2.45) is 0 Å². The van der Waals surface area contributed by atoms with Crippen LogP contribution in [0.5, 0.6) is 5.75 Å². The Hall–Kier alpha value is -3.62. The highest BCUT2D eigenvalue weighted by atomic mass is 19.4. The van der Waals surface area contributed by atoms with Gasteiger partial charge < -0.3 is 15.4 Å². The van der Waals surface area contributed by atoms with Gasteiger partial charge in [0.05, 0.1) is 24.1 Å². The minimum atomic E-state index is -4.46. The number of hydrogen-bond acceptors (Lipinski definition) is 4. The molecule has 3 aromatic rings. The molecule has 4 rings (SSSR count). The van der Waals surface area contributed by atoms with Crippen LogP contribution in [0.4, 0.5) is 23.7 Å². The third-order valence-electron chi connectivity index (χ3n) is 4.86. The molecule has 0 spiro atoms. The lowest BCUT2D eigenvalue weighted by Crippen LogP contribution is -2.51. The minimum absolute atomic E-state index is 0.257. The maximum atomic E-state index is 13.0. The number of nitrogens with zero attached hydrogens (tertiary/aromatic N) is 2. The molecule has 6 nitrogen and oxygen atoms in total. The van der Waals surface area contributed by atoms with Gasteiger partial charge in [0.15, 0.2) is 0 Å². The van der Waals surface area contributed by atoms with Crippen LogP contribution in [0.3, 0.4) is 0 Å². The summed E-state index contributed by atoms with van der Waals surface area (Å²) in [6, 6.07) is 10.9. The number of hydrogen-bond donors (Lipinski definition) is 2. The van der Waals surface area contributed by atoms with Crippen LogP contribution in [0.2, 0.25) is 0 Å². The van der Waals surface area contributed by atoms with Gasteiger partial charge in [-0.3, -0.25) is 9.97 Å². The Balaban J connectivity index is 1.74. The average Bonchev–Trinajstić information content (AvgIpc) is 2.74. The normalized spacial score (nSPS) is 18.1. The minimum Gasteiger partial charge on any atom is -0.491 e. The van der Waals surface area contributed by atoms with Crippen molar-refractivity contribution < 1.29 is 22.7 Å². The first-order valence-electron chi connectivity index (χ1n) is 9.14. The third-order valence-corrected chi connectivity index (χ3v) is 4.86. The van der Waals surface area contributed by atoms with Crippen LogP contribution >= 0.6 is 0 Å². The van der Waals surface area contributed by atoms with E-state index in [1.54, 1.807) is 36.7 Å². The second-order valence-electron chi connectivity index (χ2n) is 6.75. The molecule has 0 fully saturated rings. The Morgan fingerprint density at radius 3 is 2.53 bits per heavy atom. The molecule has 0 unspecified atom stereocenters. The second kappa shape index (κ2) is 7.66. The second-order valence-corrected chi connectivity index (χ2v) is 6.75. The van der Waals surface area contributed by atoms with Crippen LogP contribution < -0.4 is 15.4 Å². The highest BCUT2D eigenvalue weighted by molar-refractivity contribution is 5.90. The monoisotopic (exact) mass is 414 g/mol. The third kappa shape index (κ3) is 3.78. The van der Waals surface area contributed by atoms with E-state index in [1.807, 2.05) is 0 Å².